The molecule has 0 saturated carbocycles. The molecule has 0 aliphatic heterocycles. The van der Waals surface area contributed by atoms with E-state index in [2.05, 4.69) is 0 Å². The van der Waals surface area contributed by atoms with Gasteiger partial charge in [-0.3, -0.25) is 0 Å². The van der Waals surface area contributed by atoms with E-state index in [1.807, 2.05) is 0 Å². The van der Waals surface area contributed by atoms with Crippen LogP contribution in [0.25, 0.3) is 0 Å². The van der Waals surface area contributed by atoms with Gasteiger partial charge < -0.3 is 33.7 Å². The van der Waals surface area contributed by atoms with E-state index in [9.17, 15) is 0 Å². The van der Waals surface area contributed by atoms with Crippen molar-refractivity contribution in [2.75, 3.05) is 0 Å². The SMILES string of the molecule is O.[Al+3].[Ca+2].[O-][Si]([O-])([O-])[O-]. The minimum Gasteiger partial charge on any atom is -0.894 e. The number of hydrogen-bond acceptors (Lipinski definition) is 4. The van der Waals surface area contributed by atoms with Crippen LogP contribution in [0.2, 0.25) is 0 Å². The number of rotatable bonds is 0. The fraction of sp³-hybridized carbons (Fsp3) is 0. The van der Waals surface area contributed by atoms with Crippen molar-refractivity contribution in [3.05, 3.63) is 0 Å². The van der Waals surface area contributed by atoms with Gasteiger partial charge in [0.05, 0.1) is 0 Å². The molecular formula is H2AlCaO5Si+. The molecule has 0 aromatic rings. The Morgan fingerprint density at radius 2 is 0.875 bits per heavy atom. The van der Waals surface area contributed by atoms with Gasteiger partial charge in [-0.25, -0.2) is 0 Å². The predicted molar refractivity (Wildman–Crippen MR) is 20.9 cm³/mol. The molecule has 0 aromatic heterocycles. The van der Waals surface area contributed by atoms with Gasteiger partial charge in [-0.05, 0) is 0 Å². The van der Waals surface area contributed by atoms with E-state index in [0.29, 0.717) is 0 Å². The average Bonchev–Trinajstić information content (AvgIpc) is 0.722. The molecule has 0 aliphatic carbocycles. The summed E-state index contributed by atoms with van der Waals surface area (Å²) >= 11 is 0. The zero-order valence-corrected chi connectivity index (χ0v) is 8.28. The summed E-state index contributed by atoms with van der Waals surface area (Å²) in [4.78, 5) is 34.3. The molecule has 0 fully saturated rings. The largest absolute Gasteiger partial charge is 3.00 e. The van der Waals surface area contributed by atoms with Crippen molar-refractivity contribution in [2.45, 2.75) is 0 Å². The fourth-order valence-corrected chi connectivity index (χ4v) is 0. The minimum atomic E-state index is -5.61. The van der Waals surface area contributed by atoms with Crippen LogP contribution in [0.1, 0.15) is 0 Å². The molecule has 0 unspecified atom stereocenters. The first-order valence-electron chi connectivity index (χ1n) is 0.816. The molecular weight excluding hydrogens is 175 g/mol. The normalized spacial score (nSPS) is 7.50. The van der Waals surface area contributed by atoms with E-state index >= 15 is 0 Å². The summed E-state index contributed by atoms with van der Waals surface area (Å²) < 4.78 is 0. The Hall–Kier alpha value is 1.81. The van der Waals surface area contributed by atoms with Gasteiger partial charge in [0.25, 0.3) is 0 Å². The summed E-state index contributed by atoms with van der Waals surface area (Å²) in [6.07, 6.45) is 0. The Balaban J connectivity index is -0.0000000267. The molecule has 2 N–H and O–H groups in total. The summed E-state index contributed by atoms with van der Waals surface area (Å²) in [7, 11) is -5.61. The zero-order chi connectivity index (χ0) is 4.50. The molecule has 0 aliphatic rings. The first-order valence-corrected chi connectivity index (χ1v) is 2.45. The molecule has 8 heteroatoms. The van der Waals surface area contributed by atoms with Gasteiger partial charge in [0, 0.05) is 0 Å². The molecule has 0 heterocycles. The molecule has 0 radical (unpaired) electrons. The van der Waals surface area contributed by atoms with Crippen molar-refractivity contribution in [3.63, 3.8) is 0 Å². The van der Waals surface area contributed by atoms with E-state index in [4.69, 9.17) is 19.2 Å². The maximum absolute atomic E-state index is 8.58. The summed E-state index contributed by atoms with van der Waals surface area (Å²) in [5.41, 5.74) is 0. The first kappa shape index (κ1) is 22.6. The zero-order valence-electron chi connectivity index (χ0n) is 3.92. The van der Waals surface area contributed by atoms with Crippen molar-refractivity contribution in [3.8, 4) is 0 Å². The van der Waals surface area contributed by atoms with Crippen molar-refractivity contribution >= 4 is 64.1 Å². The quantitative estimate of drug-likeness (QED) is 0.341. The molecule has 0 bridgehead atoms. The van der Waals surface area contributed by atoms with E-state index < -0.39 is 9.05 Å². The Bertz CT molecular complexity index is 27.9. The second-order valence-electron chi connectivity index (χ2n) is 0.500. The van der Waals surface area contributed by atoms with Crippen molar-refractivity contribution in [1.82, 2.24) is 0 Å². The third-order valence-corrected chi connectivity index (χ3v) is 0. The molecule has 0 saturated heterocycles. The van der Waals surface area contributed by atoms with Crippen molar-refractivity contribution in [2.24, 2.45) is 0 Å². The molecule has 0 spiro atoms. The third kappa shape index (κ3) is 111. The Labute approximate surface area is 87.9 Å². The monoisotopic (exact) mass is 177 g/mol. The smallest absolute Gasteiger partial charge is 0.894 e. The van der Waals surface area contributed by atoms with Gasteiger partial charge in [-0.15, -0.1) is 0 Å². The fourth-order valence-electron chi connectivity index (χ4n) is 0. The van der Waals surface area contributed by atoms with Crippen LogP contribution in [0.4, 0.5) is 0 Å². The number of hydrogen-bond donors (Lipinski definition) is 0. The summed E-state index contributed by atoms with van der Waals surface area (Å²) in [6.45, 7) is 0. The maximum atomic E-state index is 8.58. The molecule has 8 heavy (non-hydrogen) atoms. The van der Waals surface area contributed by atoms with E-state index in [1.165, 1.54) is 0 Å². The van der Waals surface area contributed by atoms with E-state index in [0.717, 1.165) is 0 Å². The van der Waals surface area contributed by atoms with Gasteiger partial charge in [-0.2, -0.15) is 0 Å². The first-order chi connectivity index (χ1) is 2.00. The van der Waals surface area contributed by atoms with Crippen LogP contribution in [0.3, 0.4) is 0 Å². The molecule has 0 atom stereocenters. The molecule has 40 valence electrons. The van der Waals surface area contributed by atoms with Crippen LogP contribution in [-0.4, -0.2) is 69.6 Å². The molecule has 5 nitrogen and oxygen atoms in total. The summed E-state index contributed by atoms with van der Waals surface area (Å²) in [5, 5.41) is 0. The van der Waals surface area contributed by atoms with Crippen molar-refractivity contribution < 1.29 is 24.7 Å². The van der Waals surface area contributed by atoms with Gasteiger partial charge in [0.1, 0.15) is 0 Å². The minimum absolute atomic E-state index is 0. The molecule has 0 rings (SSSR count). The van der Waals surface area contributed by atoms with Gasteiger partial charge in [-0.1, -0.05) is 0 Å². The summed E-state index contributed by atoms with van der Waals surface area (Å²) in [5.74, 6) is 0. The second-order valence-corrected chi connectivity index (χ2v) is 1.50. The van der Waals surface area contributed by atoms with Crippen LogP contribution in [0, 0.1) is 0 Å². The van der Waals surface area contributed by atoms with Crippen LogP contribution in [0.5, 0.6) is 0 Å². The standard InChI is InChI=1S/Al.Ca.O4Si.H2O/c;;1-5(2,3)4;/h;;;1H2/q+3;+2;-4;. The van der Waals surface area contributed by atoms with Crippen molar-refractivity contribution in [1.29, 1.82) is 0 Å². The van der Waals surface area contributed by atoms with Gasteiger partial charge in [0.15, 0.2) is 0 Å². The summed E-state index contributed by atoms with van der Waals surface area (Å²) in [6, 6.07) is 0. The van der Waals surface area contributed by atoms with Crippen LogP contribution in [0.15, 0.2) is 0 Å². The Morgan fingerprint density at radius 1 is 0.875 bits per heavy atom. The maximum Gasteiger partial charge on any atom is 3.00 e. The van der Waals surface area contributed by atoms with Crippen LogP contribution >= 0.6 is 0 Å². The van der Waals surface area contributed by atoms with Crippen LogP contribution < -0.4 is 19.2 Å². The predicted octanol–water partition coefficient (Wildman–Crippen LogP) is -6.72. The molecule has 0 amide bonds. The Kier molecular flexibility index (Phi) is 24.8. The third-order valence-electron chi connectivity index (χ3n) is 0. The van der Waals surface area contributed by atoms with Gasteiger partial charge in [0.2, 0.25) is 0 Å². The Morgan fingerprint density at radius 3 is 0.875 bits per heavy atom. The average molecular weight is 177 g/mol. The second kappa shape index (κ2) is 8.81. The van der Waals surface area contributed by atoms with E-state index in [-0.39, 0.29) is 60.6 Å². The van der Waals surface area contributed by atoms with Crippen LogP contribution in [-0.2, 0) is 0 Å². The van der Waals surface area contributed by atoms with E-state index in [1.54, 1.807) is 0 Å². The van der Waals surface area contributed by atoms with Gasteiger partial charge >= 0.3 is 55.1 Å². The molecule has 0 aromatic carbocycles. The topological polar surface area (TPSA) is 124 Å².